The van der Waals surface area contributed by atoms with Gasteiger partial charge in [-0.2, -0.15) is 4.31 Å². The SMILES string of the molecule is COc1cc(NC(=O)CN(C)S(=O)(=O)c2ccc3c(c2)CC(C)N3C(=O)C2CC2)cc(OC)c1. The number of hydrogen-bond acceptors (Lipinski definition) is 6. The van der Waals surface area contributed by atoms with E-state index < -0.39 is 15.9 Å². The molecule has 2 aliphatic rings. The molecule has 9 nitrogen and oxygen atoms in total. The number of sulfonamides is 1. The van der Waals surface area contributed by atoms with Crippen molar-refractivity contribution in [3.63, 3.8) is 0 Å². The Morgan fingerprint density at radius 1 is 1.09 bits per heavy atom. The Kier molecular flexibility index (Phi) is 6.55. The van der Waals surface area contributed by atoms with E-state index in [0.717, 1.165) is 28.4 Å². The summed E-state index contributed by atoms with van der Waals surface area (Å²) in [7, 11) is 0.446. The van der Waals surface area contributed by atoms with Gasteiger partial charge in [-0.05, 0) is 49.9 Å². The van der Waals surface area contributed by atoms with E-state index in [-0.39, 0.29) is 29.3 Å². The van der Waals surface area contributed by atoms with Crippen molar-refractivity contribution in [2.75, 3.05) is 38.0 Å². The normalized spacial score (nSPS) is 17.4. The standard InChI is InChI=1S/C24H29N3O6S/c1-15-9-17-10-21(7-8-22(17)27(15)24(29)16-5-6-16)34(30,31)26(2)14-23(28)25-18-11-19(32-3)13-20(12-18)33-4/h7-8,10-13,15-16H,5-6,9,14H2,1-4H3,(H,25,28). The number of nitrogens with one attached hydrogen (secondary N) is 1. The Morgan fingerprint density at radius 3 is 2.32 bits per heavy atom. The molecule has 10 heteroatoms. The van der Waals surface area contributed by atoms with Crippen LogP contribution in [0.1, 0.15) is 25.3 Å². The quantitative estimate of drug-likeness (QED) is 0.614. The number of benzene rings is 2. The second kappa shape index (κ2) is 9.27. The number of carbonyl (C=O) groups is 2. The van der Waals surface area contributed by atoms with Crippen LogP contribution in [0, 0.1) is 5.92 Å². The van der Waals surface area contributed by atoms with Gasteiger partial charge in [0.25, 0.3) is 0 Å². The maximum absolute atomic E-state index is 13.2. The molecule has 1 fully saturated rings. The molecule has 182 valence electrons. The van der Waals surface area contributed by atoms with Crippen LogP contribution in [0.4, 0.5) is 11.4 Å². The van der Waals surface area contributed by atoms with Gasteiger partial charge < -0.3 is 19.7 Å². The van der Waals surface area contributed by atoms with Gasteiger partial charge in [-0.15, -0.1) is 0 Å². The van der Waals surface area contributed by atoms with Crippen LogP contribution >= 0.6 is 0 Å². The highest BCUT2D eigenvalue weighted by molar-refractivity contribution is 7.89. The zero-order chi connectivity index (χ0) is 24.6. The summed E-state index contributed by atoms with van der Waals surface area (Å²) in [5.41, 5.74) is 2.03. The predicted molar refractivity (Wildman–Crippen MR) is 128 cm³/mol. The molecule has 0 bridgehead atoms. The van der Waals surface area contributed by atoms with Gasteiger partial charge >= 0.3 is 0 Å². The summed E-state index contributed by atoms with van der Waals surface area (Å²) in [5.74, 6) is 0.697. The van der Waals surface area contributed by atoms with Gasteiger partial charge in [0.05, 0.1) is 25.7 Å². The summed E-state index contributed by atoms with van der Waals surface area (Å²) in [6.45, 7) is 1.60. The number of methoxy groups -OCH3 is 2. The lowest BCUT2D eigenvalue weighted by molar-refractivity contribution is -0.120. The van der Waals surface area contributed by atoms with Crippen LogP contribution in [0.15, 0.2) is 41.3 Å². The molecular formula is C24H29N3O6S. The molecule has 2 aromatic carbocycles. The summed E-state index contributed by atoms with van der Waals surface area (Å²) in [4.78, 5) is 27.1. The van der Waals surface area contributed by atoms with E-state index in [2.05, 4.69) is 5.32 Å². The molecule has 1 saturated carbocycles. The number of fused-ring (bicyclic) bond motifs is 1. The lowest BCUT2D eigenvalue weighted by Gasteiger charge is -2.23. The third-order valence-electron chi connectivity index (χ3n) is 6.14. The number of nitrogens with zero attached hydrogens (tertiary/aromatic N) is 2. The second-order valence-electron chi connectivity index (χ2n) is 8.74. The van der Waals surface area contributed by atoms with Crippen molar-refractivity contribution in [3.8, 4) is 11.5 Å². The molecular weight excluding hydrogens is 458 g/mol. The third kappa shape index (κ3) is 4.74. The first-order valence-electron chi connectivity index (χ1n) is 11.1. The Morgan fingerprint density at radius 2 is 1.74 bits per heavy atom. The number of amides is 2. The van der Waals surface area contributed by atoms with Crippen molar-refractivity contribution >= 4 is 33.2 Å². The highest BCUT2D eigenvalue weighted by Crippen LogP contribution is 2.39. The molecule has 4 rings (SSSR count). The lowest BCUT2D eigenvalue weighted by atomic mass is 10.1. The Bertz CT molecular complexity index is 1200. The van der Waals surface area contributed by atoms with Gasteiger partial charge in [0.2, 0.25) is 21.8 Å². The predicted octanol–water partition coefficient (Wildman–Crippen LogP) is 2.65. The number of anilines is 2. The largest absolute Gasteiger partial charge is 0.497 e. The second-order valence-corrected chi connectivity index (χ2v) is 10.8. The first-order valence-corrected chi connectivity index (χ1v) is 12.5. The van der Waals surface area contributed by atoms with Crippen LogP contribution in [0.3, 0.4) is 0 Å². The highest BCUT2D eigenvalue weighted by atomic mass is 32.2. The minimum Gasteiger partial charge on any atom is -0.497 e. The fourth-order valence-corrected chi connectivity index (χ4v) is 5.36. The first kappa shape index (κ1) is 24.0. The maximum Gasteiger partial charge on any atom is 0.243 e. The topological polar surface area (TPSA) is 105 Å². The van der Waals surface area contributed by atoms with Crippen molar-refractivity contribution < 1.29 is 27.5 Å². The van der Waals surface area contributed by atoms with Crippen molar-refractivity contribution in [3.05, 3.63) is 42.0 Å². The Hall–Kier alpha value is -3.11. The molecule has 1 unspecified atom stereocenters. The molecule has 0 spiro atoms. The van der Waals surface area contributed by atoms with E-state index in [1.807, 2.05) is 6.92 Å². The van der Waals surface area contributed by atoms with Crippen LogP contribution in [0.2, 0.25) is 0 Å². The van der Waals surface area contributed by atoms with E-state index in [4.69, 9.17) is 9.47 Å². The molecule has 2 amide bonds. The average molecular weight is 488 g/mol. The molecule has 1 heterocycles. The van der Waals surface area contributed by atoms with Gasteiger partial charge in [-0.1, -0.05) is 0 Å². The Balaban J connectivity index is 1.48. The van der Waals surface area contributed by atoms with E-state index in [0.29, 0.717) is 23.6 Å². The van der Waals surface area contributed by atoms with Crippen LogP contribution in [0.25, 0.3) is 0 Å². The molecule has 1 aliphatic carbocycles. The number of carbonyl (C=O) groups excluding carboxylic acids is 2. The first-order chi connectivity index (χ1) is 16.1. The number of likely N-dealkylation sites (N-methyl/N-ethyl adjacent to an activating group) is 1. The van der Waals surface area contributed by atoms with Gasteiger partial charge in [-0.25, -0.2) is 8.42 Å². The number of hydrogen-bond donors (Lipinski definition) is 1. The van der Waals surface area contributed by atoms with E-state index in [9.17, 15) is 18.0 Å². The zero-order valence-electron chi connectivity index (χ0n) is 19.7. The average Bonchev–Trinajstić information content (AvgIpc) is 3.60. The van der Waals surface area contributed by atoms with Gasteiger partial charge in [-0.3, -0.25) is 9.59 Å². The minimum atomic E-state index is -3.91. The summed E-state index contributed by atoms with van der Waals surface area (Å²) in [5, 5.41) is 2.68. The van der Waals surface area contributed by atoms with Crippen molar-refractivity contribution in [1.82, 2.24) is 4.31 Å². The fraction of sp³-hybridized carbons (Fsp3) is 0.417. The van der Waals surface area contributed by atoms with Crippen molar-refractivity contribution in [2.24, 2.45) is 5.92 Å². The molecule has 1 N–H and O–H groups in total. The van der Waals surface area contributed by atoms with E-state index in [1.54, 1.807) is 35.2 Å². The summed E-state index contributed by atoms with van der Waals surface area (Å²) < 4.78 is 37.7. The minimum absolute atomic E-state index is 0.00980. The molecule has 1 aliphatic heterocycles. The summed E-state index contributed by atoms with van der Waals surface area (Å²) in [6, 6.07) is 9.70. The van der Waals surface area contributed by atoms with E-state index >= 15 is 0 Å². The van der Waals surface area contributed by atoms with Crippen molar-refractivity contribution in [2.45, 2.75) is 37.1 Å². The molecule has 0 saturated heterocycles. The molecule has 0 aromatic heterocycles. The lowest BCUT2D eigenvalue weighted by Crippen LogP contribution is -2.36. The smallest absolute Gasteiger partial charge is 0.243 e. The Labute approximate surface area is 199 Å². The maximum atomic E-state index is 13.2. The van der Waals surface area contributed by atoms with Gasteiger partial charge in [0.15, 0.2) is 0 Å². The van der Waals surface area contributed by atoms with Crippen LogP contribution in [-0.4, -0.2) is 58.4 Å². The van der Waals surface area contributed by atoms with Crippen molar-refractivity contribution in [1.29, 1.82) is 0 Å². The van der Waals surface area contributed by atoms with Crippen LogP contribution < -0.4 is 19.7 Å². The summed E-state index contributed by atoms with van der Waals surface area (Å²) in [6.07, 6.45) is 2.43. The number of rotatable bonds is 8. The van der Waals surface area contributed by atoms with Gasteiger partial charge in [0.1, 0.15) is 11.5 Å². The fourth-order valence-electron chi connectivity index (χ4n) is 4.18. The van der Waals surface area contributed by atoms with Crippen LogP contribution in [-0.2, 0) is 26.0 Å². The molecule has 1 atom stereocenters. The molecule has 34 heavy (non-hydrogen) atoms. The van der Waals surface area contributed by atoms with Gasteiger partial charge in [0, 0.05) is 48.6 Å². The summed E-state index contributed by atoms with van der Waals surface area (Å²) >= 11 is 0. The number of ether oxygens (including phenoxy) is 2. The molecule has 2 aromatic rings. The van der Waals surface area contributed by atoms with Crippen LogP contribution in [0.5, 0.6) is 11.5 Å². The molecule has 0 radical (unpaired) electrons. The zero-order valence-corrected chi connectivity index (χ0v) is 20.5. The highest BCUT2D eigenvalue weighted by Gasteiger charge is 2.40. The third-order valence-corrected chi connectivity index (χ3v) is 7.94. The van der Waals surface area contributed by atoms with E-state index in [1.165, 1.54) is 27.3 Å². The monoisotopic (exact) mass is 487 g/mol.